The Balaban J connectivity index is 1.90. The van der Waals surface area contributed by atoms with Gasteiger partial charge in [-0.2, -0.15) is 0 Å². The first-order chi connectivity index (χ1) is 10.1. The van der Waals surface area contributed by atoms with E-state index < -0.39 is 6.04 Å². The Kier molecular flexibility index (Phi) is 3.87. The van der Waals surface area contributed by atoms with Gasteiger partial charge in [-0.1, -0.05) is 18.2 Å². The number of rotatable bonds is 3. The maximum Gasteiger partial charge on any atom is 0.141 e. The summed E-state index contributed by atoms with van der Waals surface area (Å²) in [5, 5.41) is 0. The topological polar surface area (TPSA) is 44.5 Å². The van der Waals surface area contributed by atoms with Crippen LogP contribution < -0.4 is 15.2 Å². The minimum atomic E-state index is -0.399. The number of nitrogens with two attached hydrogens (primary N) is 1. The van der Waals surface area contributed by atoms with Gasteiger partial charge in [0, 0.05) is 18.1 Å². The second-order valence-electron chi connectivity index (χ2n) is 5.00. The predicted molar refractivity (Wildman–Crippen MR) is 82.1 cm³/mol. The lowest BCUT2D eigenvalue weighted by molar-refractivity contribution is 0.197. The first-order valence-electron chi connectivity index (χ1n) is 6.63. The van der Waals surface area contributed by atoms with E-state index in [1.54, 1.807) is 6.07 Å². The lowest BCUT2D eigenvalue weighted by Crippen LogP contribution is -2.30. The molecular weight excluding hydrogens is 337 g/mol. The molecule has 3 nitrogen and oxygen atoms in total. The van der Waals surface area contributed by atoms with Crippen molar-refractivity contribution < 1.29 is 13.9 Å². The molecule has 2 atom stereocenters. The zero-order valence-electron chi connectivity index (χ0n) is 11.5. The molecule has 2 N–H and O–H groups in total. The summed E-state index contributed by atoms with van der Waals surface area (Å²) in [4.78, 5) is 0. The molecule has 110 valence electrons. The normalized spacial score (nSPS) is 18.0. The number of fused-ring (bicyclic) bond motifs is 1. The molecule has 0 aliphatic carbocycles. The molecular formula is C16H15BrFNO2. The van der Waals surface area contributed by atoms with Crippen LogP contribution in [-0.4, -0.2) is 13.2 Å². The minimum Gasteiger partial charge on any atom is -0.496 e. The first kappa shape index (κ1) is 14.4. The highest BCUT2D eigenvalue weighted by Gasteiger charge is 2.31. The van der Waals surface area contributed by atoms with Gasteiger partial charge in [-0.25, -0.2) is 4.39 Å². The van der Waals surface area contributed by atoms with Gasteiger partial charge in [-0.05, 0) is 33.6 Å². The zero-order chi connectivity index (χ0) is 15.0. The highest BCUT2D eigenvalue weighted by molar-refractivity contribution is 9.10. The second kappa shape index (κ2) is 5.66. The van der Waals surface area contributed by atoms with Crippen LogP contribution in [0.2, 0.25) is 0 Å². The molecule has 21 heavy (non-hydrogen) atoms. The van der Waals surface area contributed by atoms with E-state index in [-0.39, 0.29) is 11.9 Å². The van der Waals surface area contributed by atoms with Gasteiger partial charge in [-0.15, -0.1) is 0 Å². The third kappa shape index (κ3) is 2.63. The van der Waals surface area contributed by atoms with Crippen molar-refractivity contribution in [1.82, 2.24) is 0 Å². The Morgan fingerprint density at radius 2 is 2.14 bits per heavy atom. The zero-order valence-corrected chi connectivity index (χ0v) is 13.1. The van der Waals surface area contributed by atoms with Crippen molar-refractivity contribution in [3.05, 3.63) is 57.8 Å². The quantitative estimate of drug-likeness (QED) is 0.918. The van der Waals surface area contributed by atoms with Gasteiger partial charge in [0.05, 0.1) is 17.6 Å². The van der Waals surface area contributed by atoms with Crippen LogP contribution in [0.3, 0.4) is 0 Å². The molecule has 0 saturated carbocycles. The van der Waals surface area contributed by atoms with Crippen molar-refractivity contribution in [2.75, 3.05) is 7.11 Å². The smallest absolute Gasteiger partial charge is 0.141 e. The van der Waals surface area contributed by atoms with Gasteiger partial charge in [0.15, 0.2) is 0 Å². The highest BCUT2D eigenvalue weighted by Crippen LogP contribution is 2.37. The van der Waals surface area contributed by atoms with E-state index in [0.29, 0.717) is 10.2 Å². The molecule has 0 spiro atoms. The molecule has 0 bridgehead atoms. The van der Waals surface area contributed by atoms with Crippen LogP contribution in [-0.2, 0) is 6.42 Å². The van der Waals surface area contributed by atoms with Crippen LogP contribution in [0.25, 0.3) is 0 Å². The van der Waals surface area contributed by atoms with Crippen molar-refractivity contribution in [1.29, 1.82) is 0 Å². The average molecular weight is 352 g/mol. The van der Waals surface area contributed by atoms with Gasteiger partial charge in [0.2, 0.25) is 0 Å². The lowest BCUT2D eigenvalue weighted by Gasteiger charge is -2.22. The number of halogens is 2. The second-order valence-corrected chi connectivity index (χ2v) is 5.86. The van der Waals surface area contributed by atoms with Gasteiger partial charge in [0.25, 0.3) is 0 Å². The molecule has 0 aromatic heterocycles. The largest absolute Gasteiger partial charge is 0.496 e. The summed E-state index contributed by atoms with van der Waals surface area (Å²) in [7, 11) is 1.50. The minimum absolute atomic E-state index is 0.186. The molecule has 0 saturated heterocycles. The summed E-state index contributed by atoms with van der Waals surface area (Å²) in [5.41, 5.74) is 8.19. The fourth-order valence-electron chi connectivity index (χ4n) is 2.59. The van der Waals surface area contributed by atoms with Crippen molar-refractivity contribution >= 4 is 15.9 Å². The summed E-state index contributed by atoms with van der Waals surface area (Å²) < 4.78 is 25.1. The molecule has 2 aromatic carbocycles. The van der Waals surface area contributed by atoms with Crippen LogP contribution in [0.4, 0.5) is 4.39 Å². The van der Waals surface area contributed by atoms with E-state index in [1.807, 2.05) is 24.3 Å². The van der Waals surface area contributed by atoms with Gasteiger partial charge in [-0.3, -0.25) is 0 Å². The summed E-state index contributed by atoms with van der Waals surface area (Å²) in [5.74, 6) is 0.916. The summed E-state index contributed by atoms with van der Waals surface area (Å²) in [6, 6.07) is 10.5. The van der Waals surface area contributed by atoms with E-state index >= 15 is 0 Å². The molecule has 1 heterocycles. The Labute approximate surface area is 131 Å². The molecule has 5 heteroatoms. The van der Waals surface area contributed by atoms with Crippen LogP contribution in [0.5, 0.6) is 11.5 Å². The summed E-state index contributed by atoms with van der Waals surface area (Å²) >= 11 is 3.19. The predicted octanol–water partition coefficient (Wildman–Crippen LogP) is 3.60. The number of hydrogen-bond donors (Lipinski definition) is 1. The van der Waals surface area contributed by atoms with Crippen LogP contribution in [0, 0.1) is 5.82 Å². The van der Waals surface area contributed by atoms with E-state index in [0.717, 1.165) is 23.3 Å². The monoisotopic (exact) mass is 351 g/mol. The number of hydrogen-bond acceptors (Lipinski definition) is 3. The highest BCUT2D eigenvalue weighted by atomic mass is 79.9. The van der Waals surface area contributed by atoms with Crippen molar-refractivity contribution in [3.63, 3.8) is 0 Å². The molecule has 0 fully saturated rings. The van der Waals surface area contributed by atoms with E-state index in [2.05, 4.69) is 15.9 Å². The van der Waals surface area contributed by atoms with Crippen molar-refractivity contribution in [3.8, 4) is 11.5 Å². The molecule has 1 aliphatic rings. The maximum atomic E-state index is 13.6. The fourth-order valence-corrected chi connectivity index (χ4v) is 2.95. The van der Waals surface area contributed by atoms with E-state index in [1.165, 1.54) is 13.2 Å². The fraction of sp³-hybridized carbons (Fsp3) is 0.250. The summed E-state index contributed by atoms with van der Waals surface area (Å²) in [6.45, 7) is 0. The standard InChI is InChI=1S/C16H15BrFNO2/c1-20-14-8-12(18)11(17)7-10(14)16(19)15-6-9-4-2-3-5-13(9)21-15/h2-5,7-8,15-16H,6,19H2,1H3. The molecule has 1 aliphatic heterocycles. The number of methoxy groups -OCH3 is 1. The SMILES string of the molecule is COc1cc(F)c(Br)cc1C(N)C1Cc2ccccc2O1. The van der Waals surface area contributed by atoms with Gasteiger partial charge < -0.3 is 15.2 Å². The Bertz CT molecular complexity index is 652. The third-order valence-electron chi connectivity index (χ3n) is 3.70. The van der Waals surface area contributed by atoms with Crippen LogP contribution in [0.1, 0.15) is 17.2 Å². The number of benzene rings is 2. The Morgan fingerprint density at radius 1 is 1.38 bits per heavy atom. The number of para-hydroxylation sites is 1. The van der Waals surface area contributed by atoms with Gasteiger partial charge >= 0.3 is 0 Å². The van der Waals surface area contributed by atoms with Crippen molar-refractivity contribution in [2.24, 2.45) is 5.73 Å². The molecule has 3 rings (SSSR count). The average Bonchev–Trinajstić information content (AvgIpc) is 2.92. The van der Waals surface area contributed by atoms with Crippen molar-refractivity contribution in [2.45, 2.75) is 18.6 Å². The van der Waals surface area contributed by atoms with Gasteiger partial charge in [0.1, 0.15) is 23.4 Å². The summed E-state index contributed by atoms with van der Waals surface area (Å²) in [6.07, 6.45) is 0.545. The molecule has 2 aromatic rings. The Hall–Kier alpha value is -1.59. The third-order valence-corrected chi connectivity index (χ3v) is 4.31. The maximum absolute atomic E-state index is 13.6. The Morgan fingerprint density at radius 3 is 2.86 bits per heavy atom. The van der Waals surface area contributed by atoms with Crippen LogP contribution in [0.15, 0.2) is 40.9 Å². The molecule has 2 unspecified atom stereocenters. The molecule has 0 amide bonds. The lowest BCUT2D eigenvalue weighted by atomic mass is 9.97. The first-order valence-corrected chi connectivity index (χ1v) is 7.42. The van der Waals surface area contributed by atoms with E-state index in [9.17, 15) is 4.39 Å². The molecule has 0 radical (unpaired) electrons. The van der Waals surface area contributed by atoms with E-state index in [4.69, 9.17) is 15.2 Å². The van der Waals surface area contributed by atoms with Crippen LogP contribution >= 0.6 is 15.9 Å². The number of ether oxygens (including phenoxy) is 2.